The Kier molecular flexibility index (Phi) is 4.96. The lowest BCUT2D eigenvalue weighted by Gasteiger charge is -2.58. The molecule has 1 saturated carbocycles. The molecule has 0 aromatic carbocycles. The molecule has 0 aromatic heterocycles. The fraction of sp³-hybridized carbons (Fsp3) is 0.938. The van der Waals surface area contributed by atoms with Crippen LogP contribution in [0.25, 0.3) is 0 Å². The Morgan fingerprint density at radius 3 is 2.71 bits per heavy atom. The molecule has 122 valence electrons. The summed E-state index contributed by atoms with van der Waals surface area (Å²) in [5, 5.41) is 3.18. The zero-order valence-corrected chi connectivity index (χ0v) is 13.9. The zero-order valence-electron chi connectivity index (χ0n) is 13.9. The van der Waals surface area contributed by atoms with Crippen LogP contribution < -0.4 is 11.1 Å². The highest BCUT2D eigenvalue weighted by atomic mass is 16.5. The molecule has 1 amide bonds. The van der Waals surface area contributed by atoms with Gasteiger partial charge in [-0.1, -0.05) is 20.8 Å². The third-order valence-corrected chi connectivity index (χ3v) is 5.52. The van der Waals surface area contributed by atoms with Crippen molar-refractivity contribution in [1.29, 1.82) is 0 Å². The van der Waals surface area contributed by atoms with Gasteiger partial charge in [-0.05, 0) is 32.9 Å². The van der Waals surface area contributed by atoms with Crippen LogP contribution in [0.4, 0.5) is 0 Å². The highest BCUT2D eigenvalue weighted by molar-refractivity contribution is 5.89. The van der Waals surface area contributed by atoms with Crippen molar-refractivity contribution in [2.75, 3.05) is 26.2 Å². The van der Waals surface area contributed by atoms with Gasteiger partial charge in [-0.2, -0.15) is 0 Å². The summed E-state index contributed by atoms with van der Waals surface area (Å²) in [4.78, 5) is 15.0. The molecule has 0 radical (unpaired) electrons. The standard InChI is InChI=1S/C16H31N3O2/c1-5-19-9-7-8-12(11-19)18-14(20)16(17)10-13(21-6-2)15(16,3)4/h12-13H,5-11,17H2,1-4H3,(H,18,20). The summed E-state index contributed by atoms with van der Waals surface area (Å²) in [6, 6.07) is 0.230. The first-order valence-corrected chi connectivity index (χ1v) is 8.29. The molecule has 1 aliphatic heterocycles. The fourth-order valence-corrected chi connectivity index (χ4v) is 3.60. The van der Waals surface area contributed by atoms with Gasteiger partial charge in [-0.15, -0.1) is 0 Å². The van der Waals surface area contributed by atoms with Gasteiger partial charge in [0.15, 0.2) is 0 Å². The number of ether oxygens (including phenoxy) is 1. The molecule has 3 atom stereocenters. The molecule has 21 heavy (non-hydrogen) atoms. The third kappa shape index (κ3) is 2.96. The van der Waals surface area contributed by atoms with E-state index in [4.69, 9.17) is 10.5 Å². The van der Waals surface area contributed by atoms with Crippen molar-refractivity contribution >= 4 is 5.91 Å². The van der Waals surface area contributed by atoms with Gasteiger partial charge in [-0.3, -0.25) is 4.79 Å². The lowest BCUT2D eigenvalue weighted by Crippen LogP contribution is -2.76. The Hall–Kier alpha value is -0.650. The Morgan fingerprint density at radius 2 is 2.14 bits per heavy atom. The molecule has 3 unspecified atom stereocenters. The number of carbonyl (C=O) groups is 1. The van der Waals surface area contributed by atoms with Gasteiger partial charge in [-0.25, -0.2) is 0 Å². The second-order valence-corrected chi connectivity index (χ2v) is 7.05. The summed E-state index contributed by atoms with van der Waals surface area (Å²) in [6.45, 7) is 12.0. The molecule has 0 spiro atoms. The Bertz CT molecular complexity index is 386. The van der Waals surface area contributed by atoms with E-state index >= 15 is 0 Å². The lowest BCUT2D eigenvalue weighted by atomic mass is 9.54. The monoisotopic (exact) mass is 297 g/mol. The first-order valence-electron chi connectivity index (χ1n) is 8.29. The number of carbonyl (C=O) groups excluding carboxylic acids is 1. The number of nitrogens with one attached hydrogen (secondary N) is 1. The van der Waals surface area contributed by atoms with Crippen LogP contribution in [-0.4, -0.2) is 54.7 Å². The number of piperidine rings is 1. The molecule has 5 nitrogen and oxygen atoms in total. The number of amides is 1. The van der Waals surface area contributed by atoms with Crippen molar-refractivity contribution in [3.05, 3.63) is 0 Å². The van der Waals surface area contributed by atoms with Gasteiger partial charge in [0.25, 0.3) is 0 Å². The first-order chi connectivity index (χ1) is 9.85. The number of likely N-dealkylation sites (N-methyl/N-ethyl adjacent to an activating group) is 1. The average Bonchev–Trinajstić information content (AvgIpc) is 2.46. The van der Waals surface area contributed by atoms with Crippen molar-refractivity contribution < 1.29 is 9.53 Å². The van der Waals surface area contributed by atoms with E-state index in [1.165, 1.54) is 0 Å². The number of rotatable bonds is 5. The molecule has 3 N–H and O–H groups in total. The molecule has 0 bridgehead atoms. The summed E-state index contributed by atoms with van der Waals surface area (Å²) in [7, 11) is 0. The maximum absolute atomic E-state index is 12.7. The van der Waals surface area contributed by atoms with Crippen molar-refractivity contribution in [2.45, 2.75) is 64.6 Å². The van der Waals surface area contributed by atoms with Gasteiger partial charge >= 0.3 is 0 Å². The van der Waals surface area contributed by atoms with Gasteiger partial charge < -0.3 is 20.7 Å². The Balaban J connectivity index is 1.94. The summed E-state index contributed by atoms with van der Waals surface area (Å²) >= 11 is 0. The average molecular weight is 297 g/mol. The number of likely N-dealkylation sites (tertiary alicyclic amines) is 1. The smallest absolute Gasteiger partial charge is 0.241 e. The molecule has 1 saturated heterocycles. The van der Waals surface area contributed by atoms with Crippen molar-refractivity contribution in [1.82, 2.24) is 10.2 Å². The second kappa shape index (κ2) is 6.23. The SMILES string of the molecule is CCOC1CC(N)(C(=O)NC2CCCN(CC)C2)C1(C)C. The molecule has 2 rings (SSSR count). The minimum atomic E-state index is -0.804. The van der Waals surface area contributed by atoms with Gasteiger partial charge in [0.2, 0.25) is 5.91 Å². The number of hydrogen-bond acceptors (Lipinski definition) is 4. The van der Waals surface area contributed by atoms with Gasteiger partial charge in [0.05, 0.1) is 6.10 Å². The van der Waals surface area contributed by atoms with E-state index in [-0.39, 0.29) is 23.5 Å². The number of hydrogen-bond donors (Lipinski definition) is 2. The van der Waals surface area contributed by atoms with E-state index in [9.17, 15) is 4.79 Å². The van der Waals surface area contributed by atoms with Crippen molar-refractivity contribution in [3.63, 3.8) is 0 Å². The van der Waals surface area contributed by atoms with Crippen LogP contribution in [0, 0.1) is 5.41 Å². The molecule has 2 aliphatic rings. The number of nitrogens with zero attached hydrogens (tertiary/aromatic N) is 1. The van der Waals surface area contributed by atoms with Crippen LogP contribution in [0.2, 0.25) is 0 Å². The third-order valence-electron chi connectivity index (χ3n) is 5.52. The fourth-order valence-electron chi connectivity index (χ4n) is 3.60. The van der Waals surface area contributed by atoms with Crippen LogP contribution in [0.15, 0.2) is 0 Å². The van der Waals surface area contributed by atoms with Crippen LogP contribution in [0.1, 0.15) is 47.0 Å². The normalized spacial score (nSPS) is 36.0. The maximum Gasteiger partial charge on any atom is 0.241 e. The van der Waals surface area contributed by atoms with Gasteiger partial charge in [0, 0.05) is 31.0 Å². The van der Waals surface area contributed by atoms with E-state index in [1.807, 2.05) is 20.8 Å². The Labute approximate surface area is 128 Å². The Morgan fingerprint density at radius 1 is 1.43 bits per heavy atom. The maximum atomic E-state index is 12.7. The summed E-state index contributed by atoms with van der Waals surface area (Å²) in [5.74, 6) is -0.00796. The topological polar surface area (TPSA) is 67.6 Å². The van der Waals surface area contributed by atoms with Crippen LogP contribution in [0.3, 0.4) is 0 Å². The van der Waals surface area contributed by atoms with Gasteiger partial charge in [0.1, 0.15) is 5.54 Å². The molecule has 0 aromatic rings. The molecule has 1 aliphatic carbocycles. The van der Waals surface area contributed by atoms with E-state index < -0.39 is 5.54 Å². The molecular weight excluding hydrogens is 266 g/mol. The van der Waals surface area contributed by atoms with E-state index in [1.54, 1.807) is 0 Å². The van der Waals surface area contributed by atoms with E-state index in [0.717, 1.165) is 32.5 Å². The molecule has 1 heterocycles. The van der Waals surface area contributed by atoms with Crippen LogP contribution >= 0.6 is 0 Å². The highest BCUT2D eigenvalue weighted by Gasteiger charge is 2.63. The zero-order chi connectivity index (χ0) is 15.7. The highest BCUT2D eigenvalue weighted by Crippen LogP contribution is 2.49. The first kappa shape index (κ1) is 16.7. The second-order valence-electron chi connectivity index (χ2n) is 7.05. The minimum absolute atomic E-state index is 0.00796. The summed E-state index contributed by atoms with van der Waals surface area (Å²) in [5.41, 5.74) is 5.31. The lowest BCUT2D eigenvalue weighted by molar-refractivity contribution is -0.171. The van der Waals surface area contributed by atoms with Crippen LogP contribution in [-0.2, 0) is 9.53 Å². The quantitative estimate of drug-likeness (QED) is 0.798. The molecular formula is C16H31N3O2. The summed E-state index contributed by atoms with van der Waals surface area (Å²) < 4.78 is 5.69. The van der Waals surface area contributed by atoms with Crippen molar-refractivity contribution in [3.8, 4) is 0 Å². The number of nitrogens with two attached hydrogens (primary N) is 1. The summed E-state index contributed by atoms with van der Waals surface area (Å²) in [6.07, 6.45) is 2.88. The minimum Gasteiger partial charge on any atom is -0.378 e. The van der Waals surface area contributed by atoms with E-state index in [2.05, 4.69) is 17.1 Å². The molecule has 5 heteroatoms. The van der Waals surface area contributed by atoms with Crippen LogP contribution in [0.5, 0.6) is 0 Å². The largest absolute Gasteiger partial charge is 0.378 e. The predicted molar refractivity (Wildman–Crippen MR) is 84.0 cm³/mol. The van der Waals surface area contributed by atoms with E-state index in [0.29, 0.717) is 13.0 Å². The molecule has 2 fully saturated rings. The van der Waals surface area contributed by atoms with Crippen molar-refractivity contribution in [2.24, 2.45) is 11.1 Å². The predicted octanol–water partition coefficient (Wildman–Crippen LogP) is 1.12.